The number of hydrogen-bond acceptors (Lipinski definition) is 4. The van der Waals surface area contributed by atoms with E-state index in [9.17, 15) is 22.0 Å². The highest BCUT2D eigenvalue weighted by Crippen LogP contribution is 2.31. The highest BCUT2D eigenvalue weighted by molar-refractivity contribution is 9.11. The monoisotopic (exact) mass is 492 g/mol. The Morgan fingerprint density at radius 3 is 2.46 bits per heavy atom. The van der Waals surface area contributed by atoms with Gasteiger partial charge in [0.1, 0.15) is 4.21 Å². The first-order valence-electron chi connectivity index (χ1n) is 8.69. The van der Waals surface area contributed by atoms with Gasteiger partial charge in [-0.25, -0.2) is 17.2 Å². The molecule has 1 fully saturated rings. The summed E-state index contributed by atoms with van der Waals surface area (Å²) in [6.45, 7) is 2.21. The van der Waals surface area contributed by atoms with Crippen molar-refractivity contribution in [1.29, 1.82) is 0 Å². The van der Waals surface area contributed by atoms with Crippen LogP contribution in [-0.2, 0) is 14.8 Å². The van der Waals surface area contributed by atoms with E-state index >= 15 is 0 Å². The Hall–Kier alpha value is -1.36. The van der Waals surface area contributed by atoms with Crippen LogP contribution in [0.3, 0.4) is 0 Å². The van der Waals surface area contributed by atoms with Crippen molar-refractivity contribution in [2.45, 2.75) is 30.0 Å². The highest BCUT2D eigenvalue weighted by atomic mass is 79.9. The fourth-order valence-electron chi connectivity index (χ4n) is 3.12. The smallest absolute Gasteiger partial charge is 0.252 e. The van der Waals surface area contributed by atoms with Gasteiger partial charge in [-0.1, -0.05) is 6.07 Å². The molecule has 3 rings (SSSR count). The largest absolute Gasteiger partial charge is 0.349 e. The van der Waals surface area contributed by atoms with Crippen molar-refractivity contribution in [2.75, 3.05) is 13.1 Å². The number of benzene rings is 1. The van der Waals surface area contributed by atoms with E-state index in [0.717, 1.165) is 27.3 Å². The molecule has 1 amide bonds. The lowest BCUT2D eigenvalue weighted by atomic mass is 9.96. The average Bonchev–Trinajstić information content (AvgIpc) is 3.11. The van der Waals surface area contributed by atoms with Gasteiger partial charge in [0.05, 0.1) is 9.83 Å². The molecule has 5 nitrogen and oxygen atoms in total. The zero-order chi connectivity index (χ0) is 20.5. The highest BCUT2D eigenvalue weighted by Gasteiger charge is 2.33. The Bertz CT molecular complexity index is 973. The topological polar surface area (TPSA) is 66.5 Å². The Morgan fingerprint density at radius 2 is 1.89 bits per heavy atom. The molecular formula is C18H19BrF2N2O3S2. The van der Waals surface area contributed by atoms with Crippen molar-refractivity contribution in [2.24, 2.45) is 5.92 Å². The number of carbonyl (C=O) groups excluding carboxylic acids is 1. The summed E-state index contributed by atoms with van der Waals surface area (Å²) in [6.07, 6.45) is 0.810. The van der Waals surface area contributed by atoms with Crippen molar-refractivity contribution in [3.63, 3.8) is 0 Å². The molecule has 0 saturated carbocycles. The maximum Gasteiger partial charge on any atom is 0.252 e. The molecular weight excluding hydrogens is 474 g/mol. The average molecular weight is 493 g/mol. The molecule has 0 radical (unpaired) electrons. The van der Waals surface area contributed by atoms with Crippen molar-refractivity contribution in [1.82, 2.24) is 9.62 Å². The Labute approximate surface area is 174 Å². The van der Waals surface area contributed by atoms with E-state index < -0.39 is 27.7 Å². The Balaban J connectivity index is 1.58. The fraction of sp³-hybridized carbons (Fsp3) is 0.389. The number of piperidine rings is 1. The molecule has 1 unspecified atom stereocenters. The van der Waals surface area contributed by atoms with E-state index in [0.29, 0.717) is 18.4 Å². The van der Waals surface area contributed by atoms with E-state index in [1.54, 1.807) is 19.1 Å². The van der Waals surface area contributed by atoms with Crippen LogP contribution in [-0.4, -0.2) is 31.7 Å². The van der Waals surface area contributed by atoms with E-state index in [1.807, 2.05) is 0 Å². The number of halogens is 3. The summed E-state index contributed by atoms with van der Waals surface area (Å²) in [4.78, 5) is 12.5. The number of sulfonamides is 1. The van der Waals surface area contributed by atoms with Gasteiger partial charge < -0.3 is 5.32 Å². The van der Waals surface area contributed by atoms with Gasteiger partial charge in [-0.05, 0) is 65.5 Å². The third-order valence-electron chi connectivity index (χ3n) is 4.77. The summed E-state index contributed by atoms with van der Waals surface area (Å²) < 4.78 is 54.1. The van der Waals surface area contributed by atoms with E-state index in [4.69, 9.17) is 0 Å². The van der Waals surface area contributed by atoms with Gasteiger partial charge in [0.2, 0.25) is 5.91 Å². The number of carbonyl (C=O) groups is 1. The second-order valence-corrected chi connectivity index (χ2v) is 11.3. The normalized spacial score (nSPS) is 17.4. The quantitative estimate of drug-likeness (QED) is 0.683. The van der Waals surface area contributed by atoms with Gasteiger partial charge in [-0.15, -0.1) is 11.3 Å². The third kappa shape index (κ3) is 4.61. The van der Waals surface area contributed by atoms with E-state index in [1.165, 1.54) is 10.4 Å². The van der Waals surface area contributed by atoms with Crippen LogP contribution in [0.25, 0.3) is 0 Å². The van der Waals surface area contributed by atoms with Gasteiger partial charge in [-0.3, -0.25) is 4.79 Å². The van der Waals surface area contributed by atoms with Crippen molar-refractivity contribution < 1.29 is 22.0 Å². The van der Waals surface area contributed by atoms with Crippen LogP contribution in [0, 0.1) is 17.6 Å². The van der Waals surface area contributed by atoms with Gasteiger partial charge in [0.25, 0.3) is 10.0 Å². The van der Waals surface area contributed by atoms with Gasteiger partial charge in [0, 0.05) is 19.0 Å². The molecule has 2 heterocycles. The van der Waals surface area contributed by atoms with Crippen molar-refractivity contribution in [3.05, 3.63) is 51.3 Å². The molecule has 1 atom stereocenters. The van der Waals surface area contributed by atoms with E-state index in [2.05, 4.69) is 21.2 Å². The van der Waals surface area contributed by atoms with Crippen molar-refractivity contribution >= 4 is 43.2 Å². The summed E-state index contributed by atoms with van der Waals surface area (Å²) >= 11 is 4.42. The van der Waals surface area contributed by atoms with Crippen LogP contribution in [0.2, 0.25) is 0 Å². The van der Waals surface area contributed by atoms with Crippen LogP contribution >= 0.6 is 27.3 Å². The van der Waals surface area contributed by atoms with Gasteiger partial charge >= 0.3 is 0 Å². The summed E-state index contributed by atoms with van der Waals surface area (Å²) in [5.74, 6) is -2.44. The minimum atomic E-state index is -3.55. The molecule has 1 saturated heterocycles. The van der Waals surface area contributed by atoms with Crippen LogP contribution in [0.5, 0.6) is 0 Å². The number of thiophene rings is 1. The summed E-state index contributed by atoms with van der Waals surface area (Å²) in [5, 5.41) is 2.80. The molecule has 1 N–H and O–H groups in total. The molecule has 0 aliphatic carbocycles. The Kier molecular flexibility index (Phi) is 6.53. The lowest BCUT2D eigenvalue weighted by molar-refractivity contribution is -0.126. The molecule has 2 aromatic rings. The summed E-state index contributed by atoms with van der Waals surface area (Å²) in [7, 11) is -3.55. The standard InChI is InChI=1S/C18H19BrF2N2O3S2/c1-11(13-2-3-14(20)15(21)10-13)22-18(24)12-6-8-23(9-7-12)28(25,26)17-5-4-16(19)27-17/h2-5,10-12H,6-9H2,1H3,(H,22,24). The Morgan fingerprint density at radius 1 is 1.21 bits per heavy atom. The zero-order valence-corrected chi connectivity index (χ0v) is 18.2. The lowest BCUT2D eigenvalue weighted by Crippen LogP contribution is -2.43. The maximum absolute atomic E-state index is 13.4. The number of nitrogens with zero attached hydrogens (tertiary/aromatic N) is 1. The first kappa shape index (κ1) is 21.4. The first-order valence-corrected chi connectivity index (χ1v) is 11.7. The fourth-order valence-corrected chi connectivity index (χ4v) is 6.75. The second kappa shape index (κ2) is 8.56. The SMILES string of the molecule is CC(NC(=O)C1CCN(S(=O)(=O)c2ccc(Br)s2)CC1)c1ccc(F)c(F)c1. The summed E-state index contributed by atoms with van der Waals surface area (Å²) in [5.41, 5.74) is 0.468. The number of rotatable bonds is 5. The number of amides is 1. The van der Waals surface area contributed by atoms with Crippen molar-refractivity contribution in [3.8, 4) is 0 Å². The van der Waals surface area contributed by atoms with Gasteiger partial charge in [-0.2, -0.15) is 4.31 Å². The zero-order valence-electron chi connectivity index (χ0n) is 15.0. The molecule has 0 spiro atoms. The van der Waals surface area contributed by atoms with Gasteiger partial charge in [0.15, 0.2) is 11.6 Å². The number of nitrogens with one attached hydrogen (secondary N) is 1. The molecule has 1 aliphatic heterocycles. The predicted molar refractivity (Wildman–Crippen MR) is 106 cm³/mol. The second-order valence-electron chi connectivity index (χ2n) is 6.64. The molecule has 28 heavy (non-hydrogen) atoms. The molecule has 0 bridgehead atoms. The molecule has 1 aromatic carbocycles. The molecule has 10 heteroatoms. The van der Waals surface area contributed by atoms with Crippen LogP contribution < -0.4 is 5.32 Å². The first-order chi connectivity index (χ1) is 13.2. The third-order valence-corrected chi connectivity index (χ3v) is 8.76. The maximum atomic E-state index is 13.4. The molecule has 1 aliphatic rings. The predicted octanol–water partition coefficient (Wildman–Crippen LogP) is 4.07. The van der Waals surface area contributed by atoms with Crippen LogP contribution in [0.1, 0.15) is 31.4 Å². The molecule has 152 valence electrons. The number of hydrogen-bond donors (Lipinski definition) is 1. The minimum Gasteiger partial charge on any atom is -0.349 e. The summed E-state index contributed by atoms with van der Waals surface area (Å²) in [6, 6.07) is 6.29. The van der Waals surface area contributed by atoms with Crippen LogP contribution in [0.15, 0.2) is 38.3 Å². The minimum absolute atomic E-state index is 0.215. The lowest BCUT2D eigenvalue weighted by Gasteiger charge is -2.30. The van der Waals surface area contributed by atoms with E-state index in [-0.39, 0.29) is 29.1 Å². The molecule has 1 aromatic heterocycles. The van der Waals surface area contributed by atoms with Crippen LogP contribution in [0.4, 0.5) is 8.78 Å².